The third-order valence-corrected chi connectivity index (χ3v) is 1.55. The van der Waals surface area contributed by atoms with Gasteiger partial charge in [-0.1, -0.05) is 6.07 Å². The molecule has 0 atom stereocenters. The maximum atomic E-state index is 2.12. The van der Waals surface area contributed by atoms with E-state index in [-0.39, 0.29) is 21.1 Å². The molecule has 2 aromatic carbocycles. The van der Waals surface area contributed by atoms with Crippen molar-refractivity contribution >= 4 is 10.8 Å². The Labute approximate surface area is 74.5 Å². The van der Waals surface area contributed by atoms with E-state index in [2.05, 4.69) is 42.5 Å². The fourth-order valence-electron chi connectivity index (χ4n) is 1.07. The predicted octanol–water partition coefficient (Wildman–Crippen LogP) is 2.56. The standard InChI is InChI=1S/C9H7.Mo/c1-2-5-9-7-3-6-8(9)4-1;/h1-7H;/q-1;+2. The third kappa shape index (κ3) is 1.17. The van der Waals surface area contributed by atoms with Gasteiger partial charge in [-0.25, -0.2) is 0 Å². The average Bonchev–Trinajstić information content (AvgIpc) is 2.33. The summed E-state index contributed by atoms with van der Waals surface area (Å²) >= 11 is 0. The summed E-state index contributed by atoms with van der Waals surface area (Å²) in [5.74, 6) is 0. The van der Waals surface area contributed by atoms with Crippen molar-refractivity contribution in [1.82, 2.24) is 0 Å². The van der Waals surface area contributed by atoms with Crippen molar-refractivity contribution in [1.29, 1.82) is 0 Å². The van der Waals surface area contributed by atoms with Gasteiger partial charge in [0.1, 0.15) is 0 Å². The maximum absolute atomic E-state index is 2.12. The van der Waals surface area contributed by atoms with E-state index >= 15 is 0 Å². The van der Waals surface area contributed by atoms with E-state index in [0.717, 1.165) is 0 Å². The van der Waals surface area contributed by atoms with Gasteiger partial charge in [-0.2, -0.15) is 17.5 Å². The van der Waals surface area contributed by atoms with Crippen LogP contribution in [0.25, 0.3) is 10.8 Å². The van der Waals surface area contributed by atoms with E-state index in [4.69, 9.17) is 0 Å². The second-order valence-electron chi connectivity index (χ2n) is 2.15. The first-order valence-electron chi connectivity index (χ1n) is 3.07. The molecule has 0 heterocycles. The van der Waals surface area contributed by atoms with E-state index < -0.39 is 0 Å². The molecule has 0 unspecified atom stereocenters. The Morgan fingerprint density at radius 1 is 1.00 bits per heavy atom. The largest absolute Gasteiger partial charge is 2.00 e. The van der Waals surface area contributed by atoms with Crippen molar-refractivity contribution in [2.75, 3.05) is 0 Å². The molecule has 0 spiro atoms. The normalized spacial score (nSPS) is 9.20. The fourth-order valence-corrected chi connectivity index (χ4v) is 1.07. The quantitative estimate of drug-likeness (QED) is 0.464. The molecule has 0 aliphatic heterocycles. The molecule has 0 saturated heterocycles. The molecule has 1 heteroatoms. The van der Waals surface area contributed by atoms with Gasteiger partial charge in [0.05, 0.1) is 0 Å². The summed E-state index contributed by atoms with van der Waals surface area (Å²) in [4.78, 5) is 0. The molecular weight excluding hydrogens is 204 g/mol. The van der Waals surface area contributed by atoms with Crippen molar-refractivity contribution in [3.05, 3.63) is 42.5 Å². The van der Waals surface area contributed by atoms with Crippen LogP contribution in [-0.4, -0.2) is 0 Å². The molecule has 0 aliphatic rings. The van der Waals surface area contributed by atoms with Gasteiger partial charge in [-0.15, -0.1) is 29.7 Å². The van der Waals surface area contributed by atoms with Crippen molar-refractivity contribution < 1.29 is 21.1 Å². The number of hydrogen-bond acceptors (Lipinski definition) is 0. The van der Waals surface area contributed by atoms with Crippen LogP contribution in [0.5, 0.6) is 0 Å². The molecule has 0 aromatic heterocycles. The summed E-state index contributed by atoms with van der Waals surface area (Å²) in [5, 5.41) is 2.66. The number of benzene rings is 1. The van der Waals surface area contributed by atoms with Crippen molar-refractivity contribution in [2.24, 2.45) is 0 Å². The summed E-state index contributed by atoms with van der Waals surface area (Å²) in [6.45, 7) is 0. The van der Waals surface area contributed by atoms with Crippen LogP contribution in [0.4, 0.5) is 0 Å². The van der Waals surface area contributed by atoms with Gasteiger partial charge >= 0.3 is 21.1 Å². The first kappa shape index (κ1) is 7.62. The van der Waals surface area contributed by atoms with Crippen LogP contribution in [0.3, 0.4) is 0 Å². The van der Waals surface area contributed by atoms with Crippen LogP contribution in [0.15, 0.2) is 42.5 Å². The van der Waals surface area contributed by atoms with Gasteiger partial charge in [-0.05, 0) is 0 Å². The second-order valence-corrected chi connectivity index (χ2v) is 2.15. The van der Waals surface area contributed by atoms with E-state index in [1.807, 2.05) is 0 Å². The minimum Gasteiger partial charge on any atom is -0.168 e. The van der Waals surface area contributed by atoms with Crippen LogP contribution in [0.1, 0.15) is 0 Å². The zero-order valence-corrected chi connectivity index (χ0v) is 7.46. The van der Waals surface area contributed by atoms with Gasteiger partial charge in [0.25, 0.3) is 0 Å². The van der Waals surface area contributed by atoms with Crippen molar-refractivity contribution in [3.8, 4) is 0 Å². The molecular formula is C9H7Mo+. The number of fused-ring (bicyclic) bond motifs is 1. The van der Waals surface area contributed by atoms with E-state index in [9.17, 15) is 0 Å². The Morgan fingerprint density at radius 2 is 1.80 bits per heavy atom. The SMILES string of the molecule is [Mo+2].c1ccc2[cH-]ccc2c1. The monoisotopic (exact) mass is 213 g/mol. The molecule has 0 fully saturated rings. The summed E-state index contributed by atoms with van der Waals surface area (Å²) in [6, 6.07) is 14.7. The summed E-state index contributed by atoms with van der Waals surface area (Å²) < 4.78 is 0. The Kier molecular flexibility index (Phi) is 2.34. The average molecular weight is 211 g/mol. The van der Waals surface area contributed by atoms with Crippen LogP contribution in [0.2, 0.25) is 0 Å². The van der Waals surface area contributed by atoms with Gasteiger partial charge in [0, 0.05) is 0 Å². The Bertz CT molecular complexity index is 279. The number of rotatable bonds is 0. The molecule has 0 N–H and O–H groups in total. The Morgan fingerprint density at radius 3 is 2.60 bits per heavy atom. The number of hydrogen-bond donors (Lipinski definition) is 0. The molecule has 0 radical (unpaired) electrons. The van der Waals surface area contributed by atoms with E-state index in [1.165, 1.54) is 10.8 Å². The van der Waals surface area contributed by atoms with Crippen molar-refractivity contribution in [2.45, 2.75) is 0 Å². The summed E-state index contributed by atoms with van der Waals surface area (Å²) in [6.07, 6.45) is 0. The van der Waals surface area contributed by atoms with Gasteiger partial charge in [0.15, 0.2) is 0 Å². The molecule has 0 nitrogen and oxygen atoms in total. The van der Waals surface area contributed by atoms with Gasteiger partial charge < -0.3 is 0 Å². The van der Waals surface area contributed by atoms with Gasteiger partial charge in [-0.3, -0.25) is 0 Å². The van der Waals surface area contributed by atoms with Crippen LogP contribution in [0, 0.1) is 0 Å². The molecule has 0 amide bonds. The summed E-state index contributed by atoms with van der Waals surface area (Å²) in [5.41, 5.74) is 0. The first-order valence-corrected chi connectivity index (χ1v) is 3.07. The molecule has 2 rings (SSSR count). The summed E-state index contributed by atoms with van der Waals surface area (Å²) in [7, 11) is 0. The fraction of sp³-hybridized carbons (Fsp3) is 0. The molecule has 10 heavy (non-hydrogen) atoms. The first-order chi connectivity index (χ1) is 4.47. The minimum atomic E-state index is 0. The Balaban J connectivity index is 0.000000500. The van der Waals surface area contributed by atoms with Crippen LogP contribution >= 0.6 is 0 Å². The molecule has 2 aromatic rings. The van der Waals surface area contributed by atoms with Crippen molar-refractivity contribution in [3.63, 3.8) is 0 Å². The minimum absolute atomic E-state index is 0. The third-order valence-electron chi connectivity index (χ3n) is 1.55. The molecule has 0 bridgehead atoms. The smallest absolute Gasteiger partial charge is 0.168 e. The van der Waals surface area contributed by atoms with E-state index in [0.29, 0.717) is 0 Å². The predicted molar refractivity (Wildman–Crippen MR) is 39.5 cm³/mol. The maximum Gasteiger partial charge on any atom is 2.00 e. The van der Waals surface area contributed by atoms with E-state index in [1.54, 1.807) is 0 Å². The van der Waals surface area contributed by atoms with Crippen LogP contribution < -0.4 is 0 Å². The molecule has 0 aliphatic carbocycles. The topological polar surface area (TPSA) is 0 Å². The van der Waals surface area contributed by atoms with Crippen LogP contribution in [-0.2, 0) is 21.1 Å². The molecule has 0 saturated carbocycles. The molecule has 48 valence electrons. The Hall–Kier alpha value is -0.482. The van der Waals surface area contributed by atoms with Gasteiger partial charge in [0.2, 0.25) is 0 Å². The zero-order valence-electron chi connectivity index (χ0n) is 5.45. The zero-order chi connectivity index (χ0) is 6.10. The second kappa shape index (κ2) is 3.07.